The molecule has 0 aliphatic carbocycles. The van der Waals surface area contributed by atoms with Crippen LogP contribution in [0.3, 0.4) is 0 Å². The summed E-state index contributed by atoms with van der Waals surface area (Å²) in [7, 11) is -7.13. The average Bonchev–Trinajstić information content (AvgIpc) is 2.11. The minimum absolute atomic E-state index is 0.955. The van der Waals surface area contributed by atoms with Crippen molar-refractivity contribution in [3.05, 3.63) is 30.3 Å². The van der Waals surface area contributed by atoms with Gasteiger partial charge in [-0.15, -0.1) is 0 Å². The maximum absolute atomic E-state index is 15.3. The lowest BCUT2D eigenvalue weighted by Gasteiger charge is -2.45. The highest BCUT2D eigenvalue weighted by Crippen LogP contribution is 2.31. The number of halogens is 1. The van der Waals surface area contributed by atoms with Gasteiger partial charge in [-0.2, -0.15) is 0 Å². The van der Waals surface area contributed by atoms with Crippen molar-refractivity contribution in [1.29, 1.82) is 0 Å². The average molecular weight is 316 g/mol. The molecule has 6 heteroatoms. The second-order valence-electron chi connectivity index (χ2n) is 6.93. The maximum atomic E-state index is 15.3. The largest absolute Gasteiger partial charge is 0.478 e. The number of anilines is 1. The summed E-state index contributed by atoms with van der Waals surface area (Å²) in [5, 5.41) is 0. The molecule has 1 rings (SSSR count). The molecule has 1 unspecified atom stereocenters. The van der Waals surface area contributed by atoms with Crippen LogP contribution in [0.15, 0.2) is 30.3 Å². The first-order valence-electron chi connectivity index (χ1n) is 6.68. The lowest BCUT2D eigenvalue weighted by atomic mass is 10.3. The van der Waals surface area contributed by atoms with Crippen LogP contribution in [0, 0.1) is 0 Å². The molecule has 1 atom stereocenters. The number of hydrogen-bond donors (Lipinski definition) is 0. The van der Waals surface area contributed by atoms with Gasteiger partial charge in [0.15, 0.2) is 8.32 Å². The smallest absolute Gasteiger partial charge is 0.418 e. The Morgan fingerprint density at radius 3 is 1.74 bits per heavy atom. The Hall–Kier alpha value is -0.439. The van der Waals surface area contributed by atoms with Crippen LogP contribution in [-0.2, 0) is 4.12 Å². The molecule has 0 bridgehead atoms. The predicted octanol–water partition coefficient (Wildman–Crippen LogP) is 4.72. The molecule has 0 aliphatic heterocycles. The first-order valence-corrected chi connectivity index (χ1v) is 15.8. The molecule has 0 fully saturated rings. The summed E-state index contributed by atoms with van der Waals surface area (Å²) in [5.74, 6) is 0. The van der Waals surface area contributed by atoms with E-state index in [1.807, 2.05) is 54.2 Å². The molecule has 1 aromatic carbocycles. The van der Waals surface area contributed by atoms with Crippen molar-refractivity contribution >= 4 is 31.1 Å². The zero-order valence-corrected chi connectivity index (χ0v) is 16.1. The van der Waals surface area contributed by atoms with Gasteiger partial charge in [0.25, 0.3) is 0 Å². The molecular formula is C13H26FNOSi3. The van der Waals surface area contributed by atoms with Gasteiger partial charge in [0.1, 0.15) is 8.24 Å². The molecule has 0 radical (unpaired) electrons. The first kappa shape index (κ1) is 16.6. The van der Waals surface area contributed by atoms with Gasteiger partial charge in [-0.25, -0.2) is 0 Å². The van der Waals surface area contributed by atoms with Crippen molar-refractivity contribution in [3.8, 4) is 0 Å². The topological polar surface area (TPSA) is 12.5 Å². The third-order valence-electron chi connectivity index (χ3n) is 2.58. The first-order chi connectivity index (χ1) is 8.43. The molecule has 0 aliphatic rings. The lowest BCUT2D eigenvalue weighted by molar-refractivity contribution is 0.466. The van der Waals surface area contributed by atoms with Crippen molar-refractivity contribution in [2.24, 2.45) is 0 Å². The van der Waals surface area contributed by atoms with E-state index in [2.05, 4.69) is 19.6 Å². The summed E-state index contributed by atoms with van der Waals surface area (Å²) >= 11 is 0. The molecule has 1 aromatic rings. The molecule has 2 nitrogen and oxygen atoms in total. The van der Waals surface area contributed by atoms with E-state index >= 15 is 4.11 Å². The quantitative estimate of drug-likeness (QED) is 0.576. The van der Waals surface area contributed by atoms with Crippen molar-refractivity contribution in [3.63, 3.8) is 0 Å². The van der Waals surface area contributed by atoms with Crippen LogP contribution < -0.4 is 4.23 Å². The van der Waals surface area contributed by atoms with E-state index in [4.69, 9.17) is 4.12 Å². The lowest BCUT2D eigenvalue weighted by Crippen LogP contribution is -2.64. The summed E-state index contributed by atoms with van der Waals surface area (Å²) in [6, 6.07) is 9.85. The fourth-order valence-electron chi connectivity index (χ4n) is 2.40. The third-order valence-corrected chi connectivity index (χ3v) is 12.4. The molecule has 0 saturated heterocycles. The summed E-state index contributed by atoms with van der Waals surface area (Å²) in [5.41, 5.74) is 0.955. The number of para-hydroxylation sites is 1. The van der Waals surface area contributed by atoms with E-state index in [1.165, 1.54) is 0 Å². The molecule has 108 valence electrons. The Labute approximate surface area is 120 Å². The fraction of sp³-hybridized carbons (Fsp3) is 0.538. The van der Waals surface area contributed by atoms with E-state index in [0.29, 0.717) is 0 Å². The highest BCUT2D eigenvalue weighted by Gasteiger charge is 2.47. The second-order valence-corrected chi connectivity index (χ2v) is 19.4. The van der Waals surface area contributed by atoms with Gasteiger partial charge in [0, 0.05) is 12.2 Å². The van der Waals surface area contributed by atoms with Crippen molar-refractivity contribution in [2.75, 3.05) is 4.23 Å². The van der Waals surface area contributed by atoms with Gasteiger partial charge < -0.3 is 8.35 Å². The van der Waals surface area contributed by atoms with Gasteiger partial charge in [-0.05, 0) is 31.8 Å². The third kappa shape index (κ3) is 4.87. The minimum atomic E-state index is -3.39. The molecule has 19 heavy (non-hydrogen) atoms. The van der Waals surface area contributed by atoms with Crippen molar-refractivity contribution in [1.82, 2.24) is 0 Å². The number of benzene rings is 1. The maximum Gasteiger partial charge on any atom is 0.478 e. The second kappa shape index (κ2) is 5.51. The van der Waals surface area contributed by atoms with Crippen LogP contribution in [-0.4, -0.2) is 25.4 Å². The monoisotopic (exact) mass is 315 g/mol. The van der Waals surface area contributed by atoms with E-state index in [0.717, 1.165) is 5.69 Å². The van der Waals surface area contributed by atoms with Crippen LogP contribution in [0.4, 0.5) is 9.80 Å². The fourth-order valence-corrected chi connectivity index (χ4v) is 14.0. The predicted molar refractivity (Wildman–Crippen MR) is 89.4 cm³/mol. The molecule has 0 amide bonds. The molecular weight excluding hydrogens is 289 g/mol. The molecule has 0 heterocycles. The number of rotatable bonds is 5. The van der Waals surface area contributed by atoms with Gasteiger partial charge in [-0.3, -0.25) is 4.11 Å². The Morgan fingerprint density at radius 2 is 1.37 bits per heavy atom. The standard InChI is InChI=1S/C13H26FNOSi3/c1-17(2,3)15(13-11-9-8-10-12-13)19(7,14)16-18(4,5)6/h8-12H,1-7H3. The number of nitrogens with zero attached hydrogens (tertiary/aromatic N) is 1. The van der Waals surface area contributed by atoms with Crippen molar-refractivity contribution < 1.29 is 8.22 Å². The van der Waals surface area contributed by atoms with Gasteiger partial charge >= 0.3 is 8.81 Å². The Balaban J connectivity index is 3.19. The normalized spacial score (nSPS) is 16.0. The van der Waals surface area contributed by atoms with Crippen LogP contribution >= 0.6 is 0 Å². The van der Waals surface area contributed by atoms with E-state index in [1.54, 1.807) is 6.55 Å². The highest BCUT2D eigenvalue weighted by molar-refractivity contribution is 6.97. The van der Waals surface area contributed by atoms with Crippen LogP contribution in [0.1, 0.15) is 0 Å². The zero-order chi connectivity index (χ0) is 14.9. The zero-order valence-electron chi connectivity index (χ0n) is 13.1. The van der Waals surface area contributed by atoms with Crippen LogP contribution in [0.5, 0.6) is 0 Å². The molecule has 0 saturated carbocycles. The molecule has 0 aromatic heterocycles. The summed E-state index contributed by atoms with van der Waals surface area (Å²) in [6.45, 7) is 14.3. The summed E-state index contributed by atoms with van der Waals surface area (Å²) in [6.07, 6.45) is 0. The van der Waals surface area contributed by atoms with E-state index in [-0.39, 0.29) is 0 Å². The van der Waals surface area contributed by atoms with Crippen LogP contribution in [0.25, 0.3) is 0 Å². The summed E-state index contributed by atoms with van der Waals surface area (Å²) < 4.78 is 23.3. The van der Waals surface area contributed by atoms with E-state index < -0.39 is 25.4 Å². The Bertz CT molecular complexity index is 412. The number of hydrogen-bond acceptors (Lipinski definition) is 2. The van der Waals surface area contributed by atoms with Crippen molar-refractivity contribution in [2.45, 2.75) is 45.8 Å². The summed E-state index contributed by atoms with van der Waals surface area (Å²) in [4.78, 5) is 0. The van der Waals surface area contributed by atoms with E-state index in [9.17, 15) is 0 Å². The minimum Gasteiger partial charge on any atom is -0.418 e. The van der Waals surface area contributed by atoms with Gasteiger partial charge in [-0.1, -0.05) is 37.8 Å². The van der Waals surface area contributed by atoms with Gasteiger partial charge in [0.2, 0.25) is 0 Å². The Kier molecular flexibility index (Phi) is 4.82. The highest BCUT2D eigenvalue weighted by atomic mass is 28.5. The Morgan fingerprint density at radius 1 is 0.895 bits per heavy atom. The SMILES string of the molecule is C[Si](C)(C)O[Si](C)(F)N(c1ccccc1)[Si](C)(C)C. The molecule has 0 N–H and O–H groups in total. The van der Waals surface area contributed by atoms with Crippen LogP contribution in [0.2, 0.25) is 45.8 Å². The van der Waals surface area contributed by atoms with Gasteiger partial charge in [0.05, 0.1) is 0 Å². The molecule has 0 spiro atoms.